The van der Waals surface area contributed by atoms with Gasteiger partial charge in [0.25, 0.3) is 10.0 Å². The summed E-state index contributed by atoms with van der Waals surface area (Å²) in [7, 11) is -3.67. The molecule has 1 N–H and O–H groups in total. The van der Waals surface area contributed by atoms with Gasteiger partial charge in [0.1, 0.15) is 0 Å². The monoisotopic (exact) mass is 466 g/mol. The molecule has 32 heavy (non-hydrogen) atoms. The molecule has 6 nitrogen and oxygen atoms in total. The van der Waals surface area contributed by atoms with E-state index < -0.39 is 15.3 Å². The topological polar surface area (TPSA) is 83.6 Å². The van der Waals surface area contributed by atoms with Gasteiger partial charge in [-0.1, -0.05) is 24.3 Å². The van der Waals surface area contributed by atoms with E-state index in [0.717, 1.165) is 16.0 Å². The van der Waals surface area contributed by atoms with E-state index >= 15 is 0 Å². The number of nitrogens with one attached hydrogen (secondary N) is 1. The Labute approximate surface area is 191 Å². The maximum Gasteiger partial charge on any atom is 0.261 e. The van der Waals surface area contributed by atoms with Crippen LogP contribution in [0.3, 0.4) is 0 Å². The molecule has 3 aromatic carbocycles. The van der Waals surface area contributed by atoms with Gasteiger partial charge >= 0.3 is 0 Å². The molecule has 8 heteroatoms. The number of rotatable bonds is 6. The number of sulfonamides is 1. The van der Waals surface area contributed by atoms with Gasteiger partial charge in [-0.25, -0.2) is 13.3 Å². The Morgan fingerprint density at radius 1 is 0.906 bits per heavy atom. The highest BCUT2D eigenvalue weighted by molar-refractivity contribution is 8.00. The van der Waals surface area contributed by atoms with Gasteiger partial charge in [-0.2, -0.15) is 0 Å². The van der Waals surface area contributed by atoms with E-state index in [0.29, 0.717) is 11.4 Å². The van der Waals surface area contributed by atoms with Crippen LogP contribution in [0.5, 0.6) is 0 Å². The SMILES string of the molecule is Cc1ccc(N2C(=O)C[C@H](Sc3ccc(NS(=O)(=O)c4ccccc4)cc3)C2=O)cc1C. The number of imide groups is 1. The molecule has 1 heterocycles. The number of anilines is 2. The van der Waals surface area contributed by atoms with Crippen molar-refractivity contribution >= 4 is 45.0 Å². The lowest BCUT2D eigenvalue weighted by Gasteiger charge is -2.16. The summed E-state index contributed by atoms with van der Waals surface area (Å²) in [5.74, 6) is -0.458. The minimum absolute atomic E-state index is 0.124. The van der Waals surface area contributed by atoms with Gasteiger partial charge < -0.3 is 0 Å². The Morgan fingerprint density at radius 3 is 2.25 bits per heavy atom. The molecule has 0 bridgehead atoms. The zero-order valence-electron chi connectivity index (χ0n) is 17.6. The minimum atomic E-state index is -3.67. The van der Waals surface area contributed by atoms with E-state index in [9.17, 15) is 18.0 Å². The van der Waals surface area contributed by atoms with Gasteiger partial charge in [0.05, 0.1) is 15.8 Å². The van der Waals surface area contributed by atoms with Gasteiger partial charge in [0.15, 0.2) is 0 Å². The number of aryl methyl sites for hydroxylation is 2. The largest absolute Gasteiger partial charge is 0.280 e. The zero-order chi connectivity index (χ0) is 22.9. The van der Waals surface area contributed by atoms with Crippen LogP contribution >= 0.6 is 11.8 Å². The fourth-order valence-electron chi connectivity index (χ4n) is 3.41. The molecule has 1 aliphatic rings. The molecular weight excluding hydrogens is 444 g/mol. The number of nitrogens with zero attached hydrogens (tertiary/aromatic N) is 1. The molecule has 164 valence electrons. The van der Waals surface area contributed by atoms with Crippen molar-refractivity contribution in [2.45, 2.75) is 35.3 Å². The molecule has 1 atom stereocenters. The quantitative estimate of drug-likeness (QED) is 0.540. The lowest BCUT2D eigenvalue weighted by atomic mass is 10.1. The van der Waals surface area contributed by atoms with Crippen LogP contribution < -0.4 is 9.62 Å². The van der Waals surface area contributed by atoms with Gasteiger partial charge in [0.2, 0.25) is 11.8 Å². The predicted molar refractivity (Wildman–Crippen MR) is 126 cm³/mol. The summed E-state index contributed by atoms with van der Waals surface area (Å²) >= 11 is 1.30. The first-order valence-corrected chi connectivity index (χ1v) is 12.4. The Hall–Kier alpha value is -3.10. The van der Waals surface area contributed by atoms with E-state index in [1.165, 1.54) is 28.8 Å². The second kappa shape index (κ2) is 8.80. The molecule has 1 fully saturated rings. The molecule has 2 amide bonds. The predicted octanol–water partition coefficient (Wildman–Crippen LogP) is 4.53. The number of carbonyl (C=O) groups excluding carboxylic acids is 2. The summed E-state index contributed by atoms with van der Waals surface area (Å²) in [5.41, 5.74) is 3.13. The van der Waals surface area contributed by atoms with Crippen LogP contribution in [0.25, 0.3) is 0 Å². The lowest BCUT2D eigenvalue weighted by molar-refractivity contribution is -0.121. The average molecular weight is 467 g/mol. The summed E-state index contributed by atoms with van der Waals surface area (Å²) in [4.78, 5) is 27.7. The highest BCUT2D eigenvalue weighted by Gasteiger charge is 2.40. The smallest absolute Gasteiger partial charge is 0.261 e. The van der Waals surface area contributed by atoms with Crippen LogP contribution in [0.15, 0.2) is 82.6 Å². The summed E-state index contributed by atoms with van der Waals surface area (Å²) in [6, 6.07) is 20.4. The summed E-state index contributed by atoms with van der Waals surface area (Å²) in [5, 5.41) is -0.518. The van der Waals surface area contributed by atoms with Gasteiger partial charge in [-0.05, 0) is 73.5 Å². The van der Waals surface area contributed by atoms with Crippen molar-refractivity contribution in [1.29, 1.82) is 0 Å². The maximum absolute atomic E-state index is 12.9. The molecule has 0 unspecified atom stereocenters. The van der Waals surface area contributed by atoms with Crippen molar-refractivity contribution in [2.24, 2.45) is 0 Å². The van der Waals surface area contributed by atoms with Crippen LogP contribution in [-0.2, 0) is 19.6 Å². The van der Waals surface area contributed by atoms with Crippen LogP contribution in [-0.4, -0.2) is 25.5 Å². The van der Waals surface area contributed by atoms with Crippen molar-refractivity contribution in [3.8, 4) is 0 Å². The number of benzene rings is 3. The van der Waals surface area contributed by atoms with E-state index in [2.05, 4.69) is 4.72 Å². The van der Waals surface area contributed by atoms with Crippen LogP contribution in [0, 0.1) is 13.8 Å². The first-order valence-electron chi connectivity index (χ1n) is 10.0. The first kappa shape index (κ1) is 22.1. The highest BCUT2D eigenvalue weighted by Crippen LogP contribution is 2.35. The first-order chi connectivity index (χ1) is 15.2. The fourth-order valence-corrected chi connectivity index (χ4v) is 5.55. The molecule has 0 aromatic heterocycles. The molecule has 4 rings (SSSR count). The molecular formula is C24H22N2O4S2. The Bertz CT molecular complexity index is 1270. The molecule has 3 aromatic rings. The van der Waals surface area contributed by atoms with Crippen LogP contribution in [0.4, 0.5) is 11.4 Å². The molecule has 0 radical (unpaired) electrons. The van der Waals surface area contributed by atoms with E-state index in [1.54, 1.807) is 48.5 Å². The molecule has 0 aliphatic carbocycles. The third-order valence-corrected chi connectivity index (χ3v) is 7.89. The molecule has 1 aliphatic heterocycles. The van der Waals surface area contributed by atoms with E-state index in [-0.39, 0.29) is 23.1 Å². The second-order valence-corrected chi connectivity index (χ2v) is 10.5. The number of hydrogen-bond donors (Lipinski definition) is 1. The van der Waals surface area contributed by atoms with Gasteiger partial charge in [-0.15, -0.1) is 11.8 Å². The highest BCUT2D eigenvalue weighted by atomic mass is 32.2. The molecule has 0 saturated carbocycles. The number of carbonyl (C=O) groups is 2. The van der Waals surface area contributed by atoms with Crippen LogP contribution in [0.1, 0.15) is 17.5 Å². The van der Waals surface area contributed by atoms with Crippen LogP contribution in [0.2, 0.25) is 0 Å². The van der Waals surface area contributed by atoms with Gasteiger partial charge in [0, 0.05) is 17.0 Å². The molecule has 1 saturated heterocycles. The Kier molecular flexibility index (Phi) is 6.08. The normalized spacial score (nSPS) is 16.4. The molecule has 0 spiro atoms. The fraction of sp³-hybridized carbons (Fsp3) is 0.167. The standard InChI is InChI=1S/C24H22N2O4S2/c1-16-8-11-19(14-17(16)2)26-23(27)15-22(24(26)28)31-20-12-9-18(10-13-20)25-32(29,30)21-6-4-3-5-7-21/h3-14,22,25H,15H2,1-2H3/t22-/m0/s1. The van der Waals surface area contributed by atoms with E-state index in [4.69, 9.17) is 0 Å². The average Bonchev–Trinajstić information content (AvgIpc) is 3.05. The van der Waals surface area contributed by atoms with Crippen molar-refractivity contribution in [3.63, 3.8) is 0 Å². The minimum Gasteiger partial charge on any atom is -0.280 e. The number of thioether (sulfide) groups is 1. The third-order valence-electron chi connectivity index (χ3n) is 5.29. The maximum atomic E-state index is 12.9. The number of hydrogen-bond acceptors (Lipinski definition) is 5. The van der Waals surface area contributed by atoms with Crippen molar-refractivity contribution in [1.82, 2.24) is 0 Å². The van der Waals surface area contributed by atoms with Crippen molar-refractivity contribution in [2.75, 3.05) is 9.62 Å². The zero-order valence-corrected chi connectivity index (χ0v) is 19.2. The van der Waals surface area contributed by atoms with Crippen molar-refractivity contribution in [3.05, 3.63) is 83.9 Å². The van der Waals surface area contributed by atoms with Crippen molar-refractivity contribution < 1.29 is 18.0 Å². The summed E-state index contributed by atoms with van der Waals surface area (Å²) < 4.78 is 27.5. The second-order valence-electron chi connectivity index (χ2n) is 7.59. The lowest BCUT2D eigenvalue weighted by Crippen LogP contribution is -2.31. The van der Waals surface area contributed by atoms with Gasteiger partial charge in [-0.3, -0.25) is 14.3 Å². The third kappa shape index (κ3) is 4.56. The Morgan fingerprint density at radius 2 is 1.59 bits per heavy atom. The Balaban J connectivity index is 1.45. The summed E-state index contributed by atoms with van der Waals surface area (Å²) in [6.07, 6.45) is 0.124. The van der Waals surface area contributed by atoms with E-state index in [1.807, 2.05) is 26.0 Å². The number of amides is 2. The summed E-state index contributed by atoms with van der Waals surface area (Å²) in [6.45, 7) is 3.93.